The lowest BCUT2D eigenvalue weighted by molar-refractivity contribution is 0.402. The third kappa shape index (κ3) is 4.30. The highest BCUT2D eigenvalue weighted by Crippen LogP contribution is 2.26. The average molecular weight is 303 g/mol. The molecule has 2 aromatic rings. The van der Waals surface area contributed by atoms with Gasteiger partial charge in [0.25, 0.3) is 0 Å². The van der Waals surface area contributed by atoms with Crippen molar-refractivity contribution in [1.82, 2.24) is 5.32 Å². The molecule has 0 aliphatic carbocycles. The lowest BCUT2D eigenvalue weighted by atomic mass is 10.1. The van der Waals surface area contributed by atoms with E-state index in [1.165, 1.54) is 12.1 Å². The summed E-state index contributed by atoms with van der Waals surface area (Å²) in [4.78, 5) is 0. The number of hydrogen-bond donors (Lipinski definition) is 5. The number of rotatable bonds is 6. The van der Waals surface area contributed by atoms with Crippen molar-refractivity contribution >= 4 is 0 Å². The number of phenols is 4. The molecule has 5 nitrogen and oxygen atoms in total. The second-order valence-electron chi connectivity index (χ2n) is 5.46. The maximum absolute atomic E-state index is 9.47. The highest BCUT2D eigenvalue weighted by Gasteiger charge is 2.06. The van der Waals surface area contributed by atoms with Gasteiger partial charge in [0.1, 0.15) is 0 Å². The van der Waals surface area contributed by atoms with E-state index in [4.69, 9.17) is 0 Å². The SMILES string of the molecule is C[C@H](Cc1ccc(O)c(O)c1)NCCc1ccc(O)c(O)c1. The van der Waals surface area contributed by atoms with Crippen LogP contribution in [-0.4, -0.2) is 33.0 Å². The van der Waals surface area contributed by atoms with Gasteiger partial charge in [-0.2, -0.15) is 0 Å². The fourth-order valence-corrected chi connectivity index (χ4v) is 2.31. The Balaban J connectivity index is 1.81. The van der Waals surface area contributed by atoms with E-state index in [1.54, 1.807) is 24.3 Å². The number of hydrogen-bond acceptors (Lipinski definition) is 5. The summed E-state index contributed by atoms with van der Waals surface area (Å²) in [6.45, 7) is 2.77. The summed E-state index contributed by atoms with van der Waals surface area (Å²) in [5.74, 6) is -0.442. The van der Waals surface area contributed by atoms with Crippen molar-refractivity contribution in [3.8, 4) is 23.0 Å². The van der Waals surface area contributed by atoms with Gasteiger partial charge < -0.3 is 25.7 Å². The fourth-order valence-electron chi connectivity index (χ4n) is 2.31. The summed E-state index contributed by atoms with van der Waals surface area (Å²) >= 11 is 0. The van der Waals surface area contributed by atoms with Crippen LogP contribution in [0.2, 0.25) is 0 Å². The Morgan fingerprint density at radius 3 is 1.95 bits per heavy atom. The molecule has 118 valence electrons. The molecule has 0 aromatic heterocycles. The van der Waals surface area contributed by atoms with Gasteiger partial charge in [0.2, 0.25) is 0 Å². The van der Waals surface area contributed by atoms with Crippen LogP contribution in [0.1, 0.15) is 18.1 Å². The molecule has 0 spiro atoms. The number of aromatic hydroxyl groups is 4. The summed E-state index contributed by atoms with van der Waals surface area (Å²) in [6, 6.07) is 9.84. The Kier molecular flexibility index (Phi) is 5.12. The first kappa shape index (κ1) is 16.0. The molecule has 1 atom stereocenters. The lowest BCUT2D eigenvalue weighted by Gasteiger charge is -2.14. The van der Waals surface area contributed by atoms with Crippen molar-refractivity contribution in [3.05, 3.63) is 47.5 Å². The normalized spacial score (nSPS) is 12.2. The van der Waals surface area contributed by atoms with Crippen LogP contribution in [0.3, 0.4) is 0 Å². The largest absolute Gasteiger partial charge is 0.504 e. The predicted molar refractivity (Wildman–Crippen MR) is 84.4 cm³/mol. The lowest BCUT2D eigenvalue weighted by Crippen LogP contribution is -2.29. The van der Waals surface area contributed by atoms with Crippen LogP contribution in [0.15, 0.2) is 36.4 Å². The summed E-state index contributed by atoms with van der Waals surface area (Å²) in [5.41, 5.74) is 1.88. The first-order valence-corrected chi connectivity index (χ1v) is 7.21. The Labute approximate surface area is 129 Å². The van der Waals surface area contributed by atoms with Gasteiger partial charge in [0.05, 0.1) is 0 Å². The second-order valence-corrected chi connectivity index (χ2v) is 5.46. The second kappa shape index (κ2) is 7.04. The zero-order chi connectivity index (χ0) is 16.1. The molecular formula is C17H21NO4. The van der Waals surface area contributed by atoms with Crippen molar-refractivity contribution in [2.24, 2.45) is 0 Å². The Morgan fingerprint density at radius 1 is 0.818 bits per heavy atom. The van der Waals surface area contributed by atoms with E-state index < -0.39 is 0 Å². The first-order valence-electron chi connectivity index (χ1n) is 7.21. The number of benzene rings is 2. The van der Waals surface area contributed by atoms with Gasteiger partial charge >= 0.3 is 0 Å². The van der Waals surface area contributed by atoms with Crippen LogP contribution in [0.4, 0.5) is 0 Å². The Hall–Kier alpha value is -2.40. The van der Waals surface area contributed by atoms with Crippen LogP contribution in [-0.2, 0) is 12.8 Å². The van der Waals surface area contributed by atoms with Crippen molar-refractivity contribution in [3.63, 3.8) is 0 Å². The molecule has 0 fully saturated rings. The molecule has 0 heterocycles. The molecule has 22 heavy (non-hydrogen) atoms. The Morgan fingerprint density at radius 2 is 1.36 bits per heavy atom. The minimum Gasteiger partial charge on any atom is -0.504 e. The molecule has 0 radical (unpaired) electrons. The summed E-state index contributed by atoms with van der Waals surface area (Å²) in [5, 5.41) is 40.8. The highest BCUT2D eigenvalue weighted by molar-refractivity contribution is 5.41. The van der Waals surface area contributed by atoms with Crippen molar-refractivity contribution in [2.75, 3.05) is 6.54 Å². The number of phenolic OH excluding ortho intramolecular Hbond substituents is 4. The van der Waals surface area contributed by atoms with Crippen molar-refractivity contribution < 1.29 is 20.4 Å². The van der Waals surface area contributed by atoms with Gasteiger partial charge in [-0.25, -0.2) is 0 Å². The van der Waals surface area contributed by atoms with Crippen LogP contribution >= 0.6 is 0 Å². The minimum absolute atomic E-state index is 0.106. The molecule has 2 rings (SSSR count). The maximum Gasteiger partial charge on any atom is 0.157 e. The molecule has 5 heteroatoms. The molecule has 0 unspecified atom stereocenters. The fraction of sp³-hybridized carbons (Fsp3) is 0.294. The topological polar surface area (TPSA) is 93.0 Å². The minimum atomic E-state index is -0.114. The Bertz CT molecular complexity index is 643. The third-order valence-corrected chi connectivity index (χ3v) is 3.53. The van der Waals surface area contributed by atoms with Gasteiger partial charge in [-0.15, -0.1) is 0 Å². The molecular weight excluding hydrogens is 282 g/mol. The highest BCUT2D eigenvalue weighted by atomic mass is 16.3. The monoisotopic (exact) mass is 303 g/mol. The summed E-state index contributed by atoms with van der Waals surface area (Å²) in [7, 11) is 0. The van der Waals surface area contributed by atoms with E-state index in [-0.39, 0.29) is 29.0 Å². The average Bonchev–Trinajstić information content (AvgIpc) is 2.47. The molecule has 0 aliphatic rings. The number of nitrogens with one attached hydrogen (secondary N) is 1. The summed E-state index contributed by atoms with van der Waals surface area (Å²) in [6.07, 6.45) is 1.47. The molecule has 0 bridgehead atoms. The maximum atomic E-state index is 9.47. The standard InChI is InChI=1S/C17H21NO4/c1-11(8-13-3-5-15(20)17(22)10-13)18-7-6-12-2-4-14(19)16(21)9-12/h2-5,9-11,18-22H,6-8H2,1H3/t11-/m1/s1. The first-order chi connectivity index (χ1) is 10.5. The smallest absolute Gasteiger partial charge is 0.157 e. The van der Waals surface area contributed by atoms with E-state index in [0.29, 0.717) is 0 Å². The quantitative estimate of drug-likeness (QED) is 0.528. The van der Waals surface area contributed by atoms with Gasteiger partial charge in [0, 0.05) is 6.04 Å². The molecule has 0 amide bonds. The van der Waals surface area contributed by atoms with E-state index in [0.717, 1.165) is 30.5 Å². The van der Waals surface area contributed by atoms with Crippen molar-refractivity contribution in [2.45, 2.75) is 25.8 Å². The van der Waals surface area contributed by atoms with E-state index in [9.17, 15) is 20.4 Å². The van der Waals surface area contributed by atoms with Crippen LogP contribution in [0.5, 0.6) is 23.0 Å². The zero-order valence-electron chi connectivity index (χ0n) is 12.5. The molecule has 0 aliphatic heterocycles. The van der Waals surface area contributed by atoms with Gasteiger partial charge in [-0.1, -0.05) is 12.1 Å². The molecule has 2 aromatic carbocycles. The molecule has 0 saturated carbocycles. The van der Waals surface area contributed by atoms with E-state index in [2.05, 4.69) is 5.32 Å². The van der Waals surface area contributed by atoms with Crippen molar-refractivity contribution in [1.29, 1.82) is 0 Å². The van der Waals surface area contributed by atoms with E-state index >= 15 is 0 Å². The zero-order valence-corrected chi connectivity index (χ0v) is 12.5. The van der Waals surface area contributed by atoms with Gasteiger partial charge in [0.15, 0.2) is 23.0 Å². The van der Waals surface area contributed by atoms with Gasteiger partial charge in [-0.05, 0) is 61.7 Å². The summed E-state index contributed by atoms with van der Waals surface area (Å²) < 4.78 is 0. The van der Waals surface area contributed by atoms with Gasteiger partial charge in [-0.3, -0.25) is 0 Å². The van der Waals surface area contributed by atoms with Crippen LogP contribution in [0.25, 0.3) is 0 Å². The van der Waals surface area contributed by atoms with Crippen LogP contribution < -0.4 is 5.32 Å². The van der Waals surface area contributed by atoms with Crippen LogP contribution in [0, 0.1) is 0 Å². The molecule has 5 N–H and O–H groups in total. The predicted octanol–water partition coefficient (Wildman–Crippen LogP) is 2.27. The molecule has 0 saturated heterocycles. The third-order valence-electron chi connectivity index (χ3n) is 3.53. The van der Waals surface area contributed by atoms with E-state index in [1.807, 2.05) is 6.92 Å².